The van der Waals surface area contributed by atoms with E-state index in [1.54, 1.807) is 13.0 Å². The summed E-state index contributed by atoms with van der Waals surface area (Å²) in [6.07, 6.45) is -2.80. The van der Waals surface area contributed by atoms with Crippen molar-refractivity contribution in [3.8, 4) is 0 Å². The van der Waals surface area contributed by atoms with Crippen LogP contribution in [-0.2, 0) is 4.79 Å². The number of alkyl halides is 2. The van der Waals surface area contributed by atoms with Gasteiger partial charge in [-0.25, -0.2) is 13.2 Å². The Bertz CT molecular complexity index is 467. The molecule has 0 spiro atoms. The maximum absolute atomic E-state index is 13.2. The first-order valence-electron chi connectivity index (χ1n) is 6.13. The van der Waals surface area contributed by atoms with Crippen LogP contribution in [0.2, 0.25) is 0 Å². The Hall–Kier alpha value is -1.56. The van der Waals surface area contributed by atoms with Gasteiger partial charge in [-0.3, -0.25) is 10.1 Å². The molecule has 1 aliphatic heterocycles. The average molecular weight is 272 g/mol. The van der Waals surface area contributed by atoms with E-state index in [9.17, 15) is 18.0 Å². The van der Waals surface area contributed by atoms with Crippen LogP contribution < -0.4 is 5.32 Å². The third-order valence-electron chi connectivity index (χ3n) is 3.16. The molecule has 2 rings (SSSR count). The molecule has 2 unspecified atom stereocenters. The number of hydrogen-bond donors (Lipinski definition) is 1. The van der Waals surface area contributed by atoms with Crippen molar-refractivity contribution < 1.29 is 18.0 Å². The maximum atomic E-state index is 13.2. The van der Waals surface area contributed by atoms with E-state index in [2.05, 4.69) is 5.32 Å². The van der Waals surface area contributed by atoms with E-state index in [-0.39, 0.29) is 5.91 Å². The Kier molecular flexibility index (Phi) is 4.09. The van der Waals surface area contributed by atoms with Gasteiger partial charge in [0.15, 0.2) is 0 Å². The Labute approximate surface area is 109 Å². The lowest BCUT2D eigenvalue weighted by Gasteiger charge is -2.24. The van der Waals surface area contributed by atoms with Crippen molar-refractivity contribution in [2.75, 3.05) is 6.54 Å². The standard InChI is InChI=1S/C13H15F3N2O/c1-2-10-13(19)18(7-11(15)16)12(17-10)8-4-3-5-9(14)6-8/h3-6,10-12,17H,2,7H2,1H3. The van der Waals surface area contributed by atoms with Crippen LogP contribution in [0.5, 0.6) is 0 Å². The van der Waals surface area contributed by atoms with Crippen LogP contribution in [-0.4, -0.2) is 29.8 Å². The second kappa shape index (κ2) is 5.61. The van der Waals surface area contributed by atoms with E-state index in [1.165, 1.54) is 18.2 Å². The fourth-order valence-electron chi connectivity index (χ4n) is 2.27. The average Bonchev–Trinajstić information content (AvgIpc) is 2.66. The number of carbonyl (C=O) groups excluding carboxylic acids is 1. The van der Waals surface area contributed by atoms with Gasteiger partial charge >= 0.3 is 0 Å². The number of benzene rings is 1. The van der Waals surface area contributed by atoms with Gasteiger partial charge < -0.3 is 4.90 Å². The summed E-state index contributed by atoms with van der Waals surface area (Å²) in [5, 5.41) is 2.97. The van der Waals surface area contributed by atoms with Crippen LogP contribution >= 0.6 is 0 Å². The molecule has 1 heterocycles. The Morgan fingerprint density at radius 2 is 2.16 bits per heavy atom. The van der Waals surface area contributed by atoms with Crippen LogP contribution in [0.4, 0.5) is 13.2 Å². The van der Waals surface area contributed by atoms with Crippen molar-refractivity contribution in [3.05, 3.63) is 35.6 Å². The zero-order valence-corrected chi connectivity index (χ0v) is 10.4. The van der Waals surface area contributed by atoms with Crippen molar-refractivity contribution in [3.63, 3.8) is 0 Å². The molecule has 19 heavy (non-hydrogen) atoms. The van der Waals surface area contributed by atoms with Gasteiger partial charge in [0, 0.05) is 0 Å². The molecule has 0 saturated carbocycles. The Morgan fingerprint density at radius 3 is 2.74 bits per heavy atom. The fraction of sp³-hybridized carbons (Fsp3) is 0.462. The zero-order valence-electron chi connectivity index (χ0n) is 10.4. The molecular formula is C13H15F3N2O. The summed E-state index contributed by atoms with van der Waals surface area (Å²) in [5.41, 5.74) is 0.477. The van der Waals surface area contributed by atoms with E-state index in [4.69, 9.17) is 0 Å². The molecule has 2 atom stereocenters. The minimum absolute atomic E-state index is 0.364. The van der Waals surface area contributed by atoms with Crippen LogP contribution in [0.25, 0.3) is 0 Å². The third-order valence-corrected chi connectivity index (χ3v) is 3.16. The molecule has 1 amide bonds. The van der Waals surface area contributed by atoms with Crippen LogP contribution in [0.1, 0.15) is 25.1 Å². The first-order valence-corrected chi connectivity index (χ1v) is 6.13. The molecule has 1 saturated heterocycles. The summed E-state index contributed by atoms with van der Waals surface area (Å²) in [4.78, 5) is 13.1. The summed E-state index contributed by atoms with van der Waals surface area (Å²) in [5.74, 6) is -0.819. The molecule has 0 aliphatic carbocycles. The number of carbonyl (C=O) groups is 1. The minimum atomic E-state index is -2.61. The summed E-state index contributed by atoms with van der Waals surface area (Å²) in [6.45, 7) is 1.15. The summed E-state index contributed by atoms with van der Waals surface area (Å²) in [6, 6.07) is 5.14. The first-order chi connectivity index (χ1) is 9.02. The van der Waals surface area contributed by atoms with Crippen molar-refractivity contribution in [1.29, 1.82) is 0 Å². The Morgan fingerprint density at radius 1 is 1.42 bits per heavy atom. The molecule has 0 aromatic heterocycles. The lowest BCUT2D eigenvalue weighted by molar-refractivity contribution is -0.132. The molecule has 0 radical (unpaired) electrons. The van der Waals surface area contributed by atoms with Gasteiger partial charge in [0.1, 0.15) is 12.0 Å². The number of hydrogen-bond acceptors (Lipinski definition) is 2. The van der Waals surface area contributed by atoms with Crippen LogP contribution in [0.3, 0.4) is 0 Å². The predicted molar refractivity (Wildman–Crippen MR) is 64.1 cm³/mol. The molecule has 6 heteroatoms. The topological polar surface area (TPSA) is 32.3 Å². The predicted octanol–water partition coefficient (Wildman–Crippen LogP) is 2.30. The first kappa shape index (κ1) is 13.9. The highest BCUT2D eigenvalue weighted by Gasteiger charge is 2.39. The van der Waals surface area contributed by atoms with Crippen molar-refractivity contribution >= 4 is 5.91 Å². The van der Waals surface area contributed by atoms with E-state index >= 15 is 0 Å². The second-order valence-corrected chi connectivity index (χ2v) is 4.47. The lowest BCUT2D eigenvalue weighted by atomic mass is 10.1. The van der Waals surface area contributed by atoms with E-state index in [0.29, 0.717) is 12.0 Å². The van der Waals surface area contributed by atoms with Gasteiger partial charge in [-0.1, -0.05) is 19.1 Å². The SMILES string of the molecule is CCC1NC(c2cccc(F)c2)N(CC(F)F)C1=O. The smallest absolute Gasteiger partial charge is 0.255 e. The monoisotopic (exact) mass is 272 g/mol. The summed E-state index contributed by atoms with van der Waals surface area (Å²) < 4.78 is 38.3. The number of nitrogens with zero attached hydrogens (tertiary/aromatic N) is 1. The quantitative estimate of drug-likeness (QED) is 0.912. The normalized spacial score (nSPS) is 23.4. The molecule has 1 aromatic rings. The summed E-state index contributed by atoms with van der Waals surface area (Å²) >= 11 is 0. The summed E-state index contributed by atoms with van der Waals surface area (Å²) in [7, 11) is 0. The molecule has 1 fully saturated rings. The van der Waals surface area contributed by atoms with Crippen molar-refractivity contribution in [2.45, 2.75) is 32.0 Å². The van der Waals surface area contributed by atoms with Gasteiger partial charge in [-0.15, -0.1) is 0 Å². The van der Waals surface area contributed by atoms with Crippen molar-refractivity contribution in [2.24, 2.45) is 0 Å². The number of rotatable bonds is 4. The fourth-order valence-corrected chi connectivity index (χ4v) is 2.27. The highest BCUT2D eigenvalue weighted by atomic mass is 19.3. The number of nitrogens with one attached hydrogen (secondary N) is 1. The molecule has 3 nitrogen and oxygen atoms in total. The van der Waals surface area contributed by atoms with Gasteiger partial charge in [0.25, 0.3) is 6.43 Å². The van der Waals surface area contributed by atoms with Gasteiger partial charge in [0.2, 0.25) is 5.91 Å². The molecule has 0 bridgehead atoms. The van der Waals surface area contributed by atoms with Gasteiger partial charge in [-0.05, 0) is 24.1 Å². The minimum Gasteiger partial charge on any atom is -0.316 e. The number of halogens is 3. The molecule has 1 aliphatic rings. The molecule has 1 aromatic carbocycles. The van der Waals surface area contributed by atoms with E-state index < -0.39 is 31.0 Å². The van der Waals surface area contributed by atoms with Crippen LogP contribution in [0, 0.1) is 5.82 Å². The highest BCUT2D eigenvalue weighted by Crippen LogP contribution is 2.27. The molecule has 1 N–H and O–H groups in total. The molecular weight excluding hydrogens is 257 g/mol. The zero-order chi connectivity index (χ0) is 14.0. The van der Waals surface area contributed by atoms with E-state index in [0.717, 1.165) is 4.90 Å². The maximum Gasteiger partial charge on any atom is 0.255 e. The van der Waals surface area contributed by atoms with Crippen LogP contribution in [0.15, 0.2) is 24.3 Å². The van der Waals surface area contributed by atoms with Gasteiger partial charge in [-0.2, -0.15) is 0 Å². The largest absolute Gasteiger partial charge is 0.316 e. The highest BCUT2D eigenvalue weighted by molar-refractivity contribution is 5.84. The Balaban J connectivity index is 2.28. The van der Waals surface area contributed by atoms with E-state index in [1.807, 2.05) is 0 Å². The third kappa shape index (κ3) is 2.89. The second-order valence-electron chi connectivity index (χ2n) is 4.47. The molecule has 104 valence electrons. The number of amides is 1. The lowest BCUT2D eigenvalue weighted by Crippen LogP contribution is -2.35. The van der Waals surface area contributed by atoms with Crippen molar-refractivity contribution in [1.82, 2.24) is 10.2 Å². The van der Waals surface area contributed by atoms with Gasteiger partial charge in [0.05, 0.1) is 12.6 Å².